The van der Waals surface area contributed by atoms with Crippen LogP contribution in [0.4, 0.5) is 4.79 Å². The van der Waals surface area contributed by atoms with Crippen LogP contribution in [0.15, 0.2) is 36.5 Å². The van der Waals surface area contributed by atoms with Gasteiger partial charge in [-0.1, -0.05) is 0 Å². The lowest BCUT2D eigenvalue weighted by Gasteiger charge is -2.36. The van der Waals surface area contributed by atoms with E-state index in [2.05, 4.69) is 4.98 Å². The standard InChI is InChI=1S/C21H26N2O6/c1-3-26-9-10-28-16-6-7-19(27-4-2)18(11-16)15-5-8-20(22-12-15)29-17-13-23(14-17)21(24)25/h5-8,11-12,17H,3-4,9-10,13-14H2,1-2H3,(H,24,25). The molecule has 156 valence electrons. The van der Waals surface area contributed by atoms with Gasteiger partial charge in [0, 0.05) is 30.0 Å². The Balaban J connectivity index is 1.68. The Bertz CT molecular complexity index is 805. The zero-order chi connectivity index (χ0) is 20.6. The smallest absolute Gasteiger partial charge is 0.407 e. The normalized spacial score (nSPS) is 13.7. The van der Waals surface area contributed by atoms with Crippen LogP contribution in [0.25, 0.3) is 11.1 Å². The predicted molar refractivity (Wildman–Crippen MR) is 107 cm³/mol. The van der Waals surface area contributed by atoms with E-state index in [0.717, 1.165) is 22.6 Å². The lowest BCUT2D eigenvalue weighted by atomic mass is 10.1. The van der Waals surface area contributed by atoms with E-state index in [1.54, 1.807) is 12.3 Å². The van der Waals surface area contributed by atoms with Gasteiger partial charge in [-0.3, -0.25) is 0 Å². The number of hydrogen-bond acceptors (Lipinski definition) is 6. The highest BCUT2D eigenvalue weighted by atomic mass is 16.5. The van der Waals surface area contributed by atoms with Crippen molar-refractivity contribution in [2.75, 3.05) is 39.5 Å². The Hall–Kier alpha value is -3.00. The molecule has 2 aromatic rings. The minimum atomic E-state index is -0.931. The first-order valence-corrected chi connectivity index (χ1v) is 9.69. The maximum absolute atomic E-state index is 10.8. The maximum atomic E-state index is 10.8. The summed E-state index contributed by atoms with van der Waals surface area (Å²) < 4.78 is 22.5. The van der Waals surface area contributed by atoms with Gasteiger partial charge in [0.1, 0.15) is 24.2 Å². The summed E-state index contributed by atoms with van der Waals surface area (Å²) in [4.78, 5) is 16.5. The van der Waals surface area contributed by atoms with Crippen LogP contribution in [0.1, 0.15) is 13.8 Å². The number of amides is 1. The summed E-state index contributed by atoms with van der Waals surface area (Å²) in [6.07, 6.45) is 0.621. The molecule has 1 aromatic heterocycles. The summed E-state index contributed by atoms with van der Waals surface area (Å²) >= 11 is 0. The monoisotopic (exact) mass is 402 g/mol. The van der Waals surface area contributed by atoms with Gasteiger partial charge in [-0.25, -0.2) is 9.78 Å². The third-order valence-electron chi connectivity index (χ3n) is 4.40. The van der Waals surface area contributed by atoms with Crippen LogP contribution in [0.5, 0.6) is 17.4 Å². The molecule has 0 unspecified atom stereocenters. The molecule has 0 radical (unpaired) electrons. The van der Waals surface area contributed by atoms with E-state index in [1.165, 1.54) is 4.90 Å². The molecule has 0 atom stereocenters. The number of benzene rings is 1. The van der Waals surface area contributed by atoms with Crippen molar-refractivity contribution < 1.29 is 28.8 Å². The van der Waals surface area contributed by atoms with Crippen molar-refractivity contribution in [3.63, 3.8) is 0 Å². The molecule has 1 fully saturated rings. The molecular formula is C21H26N2O6. The van der Waals surface area contributed by atoms with Crippen LogP contribution in [0, 0.1) is 0 Å². The summed E-state index contributed by atoms with van der Waals surface area (Å²) in [5.41, 5.74) is 1.75. The van der Waals surface area contributed by atoms with E-state index >= 15 is 0 Å². The molecule has 1 aromatic carbocycles. The fourth-order valence-electron chi connectivity index (χ4n) is 2.92. The number of likely N-dealkylation sites (tertiary alicyclic amines) is 1. The van der Waals surface area contributed by atoms with Gasteiger partial charge >= 0.3 is 6.09 Å². The molecule has 0 bridgehead atoms. The van der Waals surface area contributed by atoms with E-state index in [4.69, 9.17) is 24.1 Å². The van der Waals surface area contributed by atoms with Gasteiger partial charge in [0.25, 0.3) is 0 Å². The molecule has 1 N–H and O–H groups in total. The Kier molecular flexibility index (Phi) is 7.13. The van der Waals surface area contributed by atoms with E-state index < -0.39 is 6.09 Å². The van der Waals surface area contributed by atoms with Gasteiger partial charge in [0.2, 0.25) is 5.88 Å². The van der Waals surface area contributed by atoms with Crippen molar-refractivity contribution in [2.45, 2.75) is 20.0 Å². The molecule has 1 aliphatic heterocycles. The average molecular weight is 402 g/mol. The third-order valence-corrected chi connectivity index (χ3v) is 4.40. The zero-order valence-corrected chi connectivity index (χ0v) is 16.7. The number of rotatable bonds is 10. The summed E-state index contributed by atoms with van der Waals surface area (Å²) in [6, 6.07) is 9.35. The van der Waals surface area contributed by atoms with Crippen LogP contribution in [0.3, 0.4) is 0 Å². The molecule has 0 spiro atoms. The number of ether oxygens (including phenoxy) is 4. The molecule has 2 heterocycles. The summed E-state index contributed by atoms with van der Waals surface area (Å²) in [5, 5.41) is 8.88. The molecule has 8 heteroatoms. The van der Waals surface area contributed by atoms with Crippen LogP contribution in [-0.2, 0) is 4.74 Å². The maximum Gasteiger partial charge on any atom is 0.407 e. The quantitative estimate of drug-likeness (QED) is 0.610. The van der Waals surface area contributed by atoms with Crippen molar-refractivity contribution in [1.82, 2.24) is 9.88 Å². The second-order valence-corrected chi connectivity index (χ2v) is 6.45. The average Bonchev–Trinajstić information content (AvgIpc) is 2.69. The molecule has 3 rings (SSSR count). The second-order valence-electron chi connectivity index (χ2n) is 6.45. The topological polar surface area (TPSA) is 90.4 Å². The molecule has 8 nitrogen and oxygen atoms in total. The van der Waals surface area contributed by atoms with E-state index in [9.17, 15) is 4.79 Å². The van der Waals surface area contributed by atoms with Crippen LogP contribution >= 0.6 is 0 Å². The number of carbonyl (C=O) groups is 1. The lowest BCUT2D eigenvalue weighted by molar-refractivity contribution is 0.0228. The number of hydrogen-bond donors (Lipinski definition) is 1. The van der Waals surface area contributed by atoms with Crippen molar-refractivity contribution in [1.29, 1.82) is 0 Å². The SMILES string of the molecule is CCOCCOc1ccc(OCC)c(-c2ccc(OC3CN(C(=O)O)C3)nc2)c1. The summed E-state index contributed by atoms with van der Waals surface area (Å²) in [6.45, 7) is 6.81. The van der Waals surface area contributed by atoms with Gasteiger partial charge < -0.3 is 29.0 Å². The van der Waals surface area contributed by atoms with Gasteiger partial charge in [-0.15, -0.1) is 0 Å². The second kappa shape index (κ2) is 9.97. The van der Waals surface area contributed by atoms with Gasteiger partial charge in [-0.2, -0.15) is 0 Å². The Morgan fingerprint density at radius 3 is 2.62 bits per heavy atom. The number of aromatic nitrogens is 1. The highest BCUT2D eigenvalue weighted by molar-refractivity contribution is 5.71. The van der Waals surface area contributed by atoms with E-state index in [0.29, 0.717) is 45.4 Å². The van der Waals surface area contributed by atoms with Crippen molar-refractivity contribution in [3.8, 4) is 28.5 Å². The molecule has 1 aliphatic rings. The largest absolute Gasteiger partial charge is 0.493 e. The van der Waals surface area contributed by atoms with E-state index in [-0.39, 0.29) is 6.10 Å². The molecule has 0 aliphatic carbocycles. The molecule has 0 saturated carbocycles. The zero-order valence-electron chi connectivity index (χ0n) is 16.7. The summed E-state index contributed by atoms with van der Waals surface area (Å²) in [5.74, 6) is 1.94. The Morgan fingerprint density at radius 1 is 1.14 bits per heavy atom. The third kappa shape index (κ3) is 5.51. The number of carboxylic acid groups (broad SMARTS) is 1. The first kappa shape index (κ1) is 20.7. The molecular weight excluding hydrogens is 376 g/mol. The molecule has 1 amide bonds. The van der Waals surface area contributed by atoms with Gasteiger partial charge in [0.05, 0.1) is 26.3 Å². The number of nitrogens with zero attached hydrogens (tertiary/aromatic N) is 2. The Morgan fingerprint density at radius 2 is 1.97 bits per heavy atom. The summed E-state index contributed by atoms with van der Waals surface area (Å²) in [7, 11) is 0. The minimum absolute atomic E-state index is 0.162. The van der Waals surface area contributed by atoms with Crippen molar-refractivity contribution in [3.05, 3.63) is 36.5 Å². The lowest BCUT2D eigenvalue weighted by Crippen LogP contribution is -2.55. The van der Waals surface area contributed by atoms with Gasteiger partial charge in [-0.05, 0) is 38.1 Å². The first-order valence-electron chi connectivity index (χ1n) is 9.69. The van der Waals surface area contributed by atoms with E-state index in [1.807, 2.05) is 38.1 Å². The van der Waals surface area contributed by atoms with Crippen molar-refractivity contribution in [2.24, 2.45) is 0 Å². The highest BCUT2D eigenvalue weighted by Crippen LogP contribution is 2.34. The molecule has 1 saturated heterocycles. The van der Waals surface area contributed by atoms with Gasteiger partial charge in [0.15, 0.2) is 0 Å². The van der Waals surface area contributed by atoms with Crippen LogP contribution < -0.4 is 14.2 Å². The fourth-order valence-corrected chi connectivity index (χ4v) is 2.92. The van der Waals surface area contributed by atoms with Crippen LogP contribution in [0.2, 0.25) is 0 Å². The highest BCUT2D eigenvalue weighted by Gasteiger charge is 2.32. The van der Waals surface area contributed by atoms with Crippen LogP contribution in [-0.4, -0.2) is 66.7 Å². The van der Waals surface area contributed by atoms with Crippen molar-refractivity contribution >= 4 is 6.09 Å². The minimum Gasteiger partial charge on any atom is -0.493 e. The first-order chi connectivity index (χ1) is 14.1. The predicted octanol–water partition coefficient (Wildman–Crippen LogP) is 3.30. The fraction of sp³-hybridized carbons (Fsp3) is 0.429. The number of pyridine rings is 1. The molecule has 29 heavy (non-hydrogen) atoms. The Labute approximate surface area is 170 Å².